The number of rotatable bonds is 4. The Balaban J connectivity index is 1.76. The third-order valence-corrected chi connectivity index (χ3v) is 4.41. The zero-order valence-corrected chi connectivity index (χ0v) is 12.6. The van der Waals surface area contributed by atoms with Gasteiger partial charge in [0.15, 0.2) is 0 Å². The summed E-state index contributed by atoms with van der Waals surface area (Å²) < 4.78 is 5.34. The molecular weight excluding hydrogens is 278 g/mol. The highest BCUT2D eigenvalue weighted by Crippen LogP contribution is 2.34. The fraction of sp³-hybridized carbons (Fsp3) is 0.389. The van der Waals surface area contributed by atoms with Crippen LogP contribution in [0.4, 0.5) is 0 Å². The van der Waals surface area contributed by atoms with Crippen molar-refractivity contribution in [3.05, 3.63) is 54.1 Å². The minimum absolute atomic E-state index is 0.528. The van der Waals surface area contributed by atoms with E-state index in [0.717, 1.165) is 24.2 Å². The maximum absolute atomic E-state index is 11.9. The number of carbonyl (C=O) groups is 1. The van der Waals surface area contributed by atoms with Crippen LogP contribution in [-0.4, -0.2) is 48.8 Å². The van der Waals surface area contributed by atoms with Gasteiger partial charge in [-0.1, -0.05) is 48.6 Å². The van der Waals surface area contributed by atoms with Gasteiger partial charge in [-0.2, -0.15) is 0 Å². The number of carboxylic acids is 1. The minimum atomic E-state index is -0.824. The molecule has 0 spiro atoms. The maximum atomic E-state index is 11.9. The lowest BCUT2D eigenvalue weighted by molar-refractivity contribution is -0.147. The van der Waals surface area contributed by atoms with Gasteiger partial charge in [0.1, 0.15) is 5.41 Å². The summed E-state index contributed by atoms with van der Waals surface area (Å²) in [7, 11) is 0. The number of benzene rings is 1. The van der Waals surface area contributed by atoms with Gasteiger partial charge in [0.05, 0.1) is 13.2 Å². The Labute approximate surface area is 130 Å². The number of aliphatic carboxylic acids is 1. The largest absolute Gasteiger partial charge is 0.481 e. The molecule has 0 amide bonds. The van der Waals surface area contributed by atoms with E-state index in [1.807, 2.05) is 48.6 Å². The highest BCUT2D eigenvalue weighted by Gasteiger charge is 2.38. The molecule has 1 aromatic rings. The molecule has 2 aliphatic rings. The summed E-state index contributed by atoms with van der Waals surface area (Å²) in [5, 5.41) is 9.74. The standard InChI is InChI=1S/C18H21NO3/c20-17(21)18(14-19-10-12-22-13-11-19)8-6-16(7-9-18)15-4-2-1-3-5-15/h1-8H,9-14H2,(H,20,21). The van der Waals surface area contributed by atoms with Gasteiger partial charge in [0.2, 0.25) is 0 Å². The van der Waals surface area contributed by atoms with Gasteiger partial charge in [-0.3, -0.25) is 9.69 Å². The van der Waals surface area contributed by atoms with Gasteiger partial charge in [-0.15, -0.1) is 0 Å². The first-order valence-corrected chi connectivity index (χ1v) is 7.68. The van der Waals surface area contributed by atoms with E-state index in [2.05, 4.69) is 4.90 Å². The third-order valence-electron chi connectivity index (χ3n) is 4.41. The fourth-order valence-electron chi connectivity index (χ4n) is 3.02. The molecule has 1 unspecified atom stereocenters. The van der Waals surface area contributed by atoms with Gasteiger partial charge in [-0.05, 0) is 17.6 Å². The highest BCUT2D eigenvalue weighted by molar-refractivity contribution is 5.83. The van der Waals surface area contributed by atoms with Crippen molar-refractivity contribution in [3.8, 4) is 0 Å². The van der Waals surface area contributed by atoms with Crippen LogP contribution in [0.2, 0.25) is 0 Å². The number of morpholine rings is 1. The van der Waals surface area contributed by atoms with Gasteiger partial charge in [0.25, 0.3) is 0 Å². The lowest BCUT2D eigenvalue weighted by Gasteiger charge is -2.36. The molecule has 0 saturated carbocycles. The first-order chi connectivity index (χ1) is 10.7. The smallest absolute Gasteiger partial charge is 0.315 e. The highest BCUT2D eigenvalue weighted by atomic mass is 16.5. The average molecular weight is 299 g/mol. The van der Waals surface area contributed by atoms with Crippen LogP contribution < -0.4 is 0 Å². The predicted molar refractivity (Wildman–Crippen MR) is 85.5 cm³/mol. The summed E-state index contributed by atoms with van der Waals surface area (Å²) in [6, 6.07) is 10.1. The number of carboxylic acid groups (broad SMARTS) is 1. The molecule has 1 aromatic carbocycles. The molecule has 1 aliphatic carbocycles. The van der Waals surface area contributed by atoms with Crippen LogP contribution in [0, 0.1) is 5.41 Å². The predicted octanol–water partition coefficient (Wildman–Crippen LogP) is 2.43. The van der Waals surface area contributed by atoms with Crippen LogP contribution in [0.3, 0.4) is 0 Å². The van der Waals surface area contributed by atoms with Crippen molar-refractivity contribution >= 4 is 11.5 Å². The molecule has 0 aromatic heterocycles. The van der Waals surface area contributed by atoms with Crippen LogP contribution in [0.1, 0.15) is 12.0 Å². The first-order valence-electron chi connectivity index (χ1n) is 7.68. The maximum Gasteiger partial charge on any atom is 0.315 e. The second-order valence-corrected chi connectivity index (χ2v) is 5.91. The van der Waals surface area contributed by atoms with Crippen molar-refractivity contribution in [3.63, 3.8) is 0 Å². The Morgan fingerprint density at radius 3 is 2.55 bits per heavy atom. The molecule has 1 fully saturated rings. The lowest BCUT2D eigenvalue weighted by Crippen LogP contribution is -2.46. The molecule has 1 saturated heterocycles. The Morgan fingerprint density at radius 2 is 1.95 bits per heavy atom. The molecule has 22 heavy (non-hydrogen) atoms. The molecule has 0 radical (unpaired) electrons. The van der Waals surface area contributed by atoms with Gasteiger partial charge in [-0.25, -0.2) is 0 Å². The number of ether oxygens (including phenoxy) is 1. The van der Waals surface area contributed by atoms with E-state index in [1.165, 1.54) is 0 Å². The average Bonchev–Trinajstić information content (AvgIpc) is 2.57. The Hall–Kier alpha value is -1.91. The van der Waals surface area contributed by atoms with Gasteiger partial charge >= 0.3 is 5.97 Å². The monoisotopic (exact) mass is 299 g/mol. The number of hydrogen-bond donors (Lipinski definition) is 1. The van der Waals surface area contributed by atoms with E-state index < -0.39 is 11.4 Å². The van der Waals surface area contributed by atoms with Crippen LogP contribution in [-0.2, 0) is 9.53 Å². The lowest BCUT2D eigenvalue weighted by atomic mass is 9.78. The fourth-order valence-corrected chi connectivity index (χ4v) is 3.02. The molecule has 1 atom stereocenters. The minimum Gasteiger partial charge on any atom is -0.481 e. The van der Waals surface area contributed by atoms with E-state index in [9.17, 15) is 9.90 Å². The molecule has 116 valence electrons. The Bertz CT molecular complexity index is 588. The van der Waals surface area contributed by atoms with Crippen LogP contribution in [0.5, 0.6) is 0 Å². The molecule has 4 nitrogen and oxygen atoms in total. The van der Waals surface area contributed by atoms with Crippen molar-refractivity contribution in [1.82, 2.24) is 4.90 Å². The number of allylic oxidation sites excluding steroid dienone is 3. The zero-order valence-electron chi connectivity index (χ0n) is 12.6. The summed E-state index contributed by atoms with van der Waals surface area (Å²) in [4.78, 5) is 14.0. The first kappa shape index (κ1) is 15.0. The van der Waals surface area contributed by atoms with E-state index in [0.29, 0.717) is 26.2 Å². The normalized spacial score (nSPS) is 25.7. The van der Waals surface area contributed by atoms with Crippen molar-refractivity contribution in [1.29, 1.82) is 0 Å². The Kier molecular flexibility index (Phi) is 4.41. The quantitative estimate of drug-likeness (QED) is 0.927. The van der Waals surface area contributed by atoms with Crippen molar-refractivity contribution < 1.29 is 14.6 Å². The van der Waals surface area contributed by atoms with E-state index in [-0.39, 0.29) is 0 Å². The zero-order chi connectivity index (χ0) is 15.4. The molecule has 3 rings (SSSR count). The molecule has 1 heterocycles. The van der Waals surface area contributed by atoms with E-state index >= 15 is 0 Å². The van der Waals surface area contributed by atoms with E-state index in [4.69, 9.17) is 4.74 Å². The van der Waals surface area contributed by atoms with Crippen LogP contribution in [0.25, 0.3) is 5.57 Å². The van der Waals surface area contributed by atoms with Crippen molar-refractivity contribution in [2.45, 2.75) is 6.42 Å². The molecular formula is C18H21NO3. The SMILES string of the molecule is O=C(O)C1(CN2CCOCC2)C=CC(c2ccccc2)=CC1. The van der Waals surface area contributed by atoms with Crippen molar-refractivity contribution in [2.75, 3.05) is 32.8 Å². The molecule has 1 aliphatic heterocycles. The summed E-state index contributed by atoms with van der Waals surface area (Å²) >= 11 is 0. The summed E-state index contributed by atoms with van der Waals surface area (Å²) in [5.74, 6) is -0.751. The summed E-state index contributed by atoms with van der Waals surface area (Å²) in [5.41, 5.74) is 1.40. The van der Waals surface area contributed by atoms with Crippen LogP contribution >= 0.6 is 0 Å². The van der Waals surface area contributed by atoms with Gasteiger partial charge in [0, 0.05) is 19.6 Å². The second kappa shape index (κ2) is 6.46. The topological polar surface area (TPSA) is 49.8 Å². The molecule has 4 heteroatoms. The Morgan fingerprint density at radius 1 is 1.23 bits per heavy atom. The van der Waals surface area contributed by atoms with Crippen LogP contribution in [0.15, 0.2) is 48.6 Å². The molecule has 1 N–H and O–H groups in total. The number of nitrogens with zero attached hydrogens (tertiary/aromatic N) is 1. The number of hydrogen-bond acceptors (Lipinski definition) is 3. The third kappa shape index (κ3) is 3.13. The summed E-state index contributed by atoms with van der Waals surface area (Å²) in [6.07, 6.45) is 6.39. The summed E-state index contributed by atoms with van der Waals surface area (Å²) in [6.45, 7) is 3.52. The van der Waals surface area contributed by atoms with Crippen molar-refractivity contribution in [2.24, 2.45) is 5.41 Å². The molecule has 0 bridgehead atoms. The second-order valence-electron chi connectivity index (χ2n) is 5.91. The van der Waals surface area contributed by atoms with Gasteiger partial charge < -0.3 is 9.84 Å². The van der Waals surface area contributed by atoms with E-state index in [1.54, 1.807) is 0 Å².